The average molecular weight is 445 g/mol. The van der Waals surface area contributed by atoms with Gasteiger partial charge in [-0.1, -0.05) is 54.6 Å². The second kappa shape index (κ2) is 9.69. The molecule has 3 rings (SSSR count). The van der Waals surface area contributed by atoms with Crippen molar-refractivity contribution in [1.82, 2.24) is 0 Å². The minimum absolute atomic E-state index is 0.0208. The van der Waals surface area contributed by atoms with Crippen molar-refractivity contribution in [3.8, 4) is 5.75 Å². The zero-order valence-electron chi connectivity index (χ0n) is 16.4. The molecule has 2 fully saturated rings. The van der Waals surface area contributed by atoms with Gasteiger partial charge in [-0.25, -0.2) is 4.39 Å². The molecule has 1 aromatic carbocycles. The van der Waals surface area contributed by atoms with E-state index in [1.54, 1.807) is 13.0 Å². The van der Waals surface area contributed by atoms with Crippen molar-refractivity contribution in [2.24, 2.45) is 11.8 Å². The molecule has 0 amide bonds. The van der Waals surface area contributed by atoms with Gasteiger partial charge in [0.05, 0.1) is 19.3 Å². The van der Waals surface area contributed by atoms with Crippen LogP contribution < -0.4 is 4.74 Å². The predicted octanol–water partition coefficient (Wildman–Crippen LogP) is 6.61. The molecule has 152 valence electrons. The van der Waals surface area contributed by atoms with E-state index in [4.69, 9.17) is 9.47 Å². The molecule has 5 heteroatoms. The molecule has 2 aliphatic rings. The summed E-state index contributed by atoms with van der Waals surface area (Å²) in [5, 5.41) is 0. The van der Waals surface area contributed by atoms with E-state index in [1.165, 1.54) is 44.6 Å². The topological polar surface area (TPSA) is 18.5 Å². The summed E-state index contributed by atoms with van der Waals surface area (Å²) in [5.41, 5.74) is 0.394. The van der Waals surface area contributed by atoms with Gasteiger partial charge in [0.25, 0.3) is 0 Å². The molecule has 1 aliphatic heterocycles. The number of hydrogen-bond acceptors (Lipinski definition) is 2. The molecule has 0 bridgehead atoms. The summed E-state index contributed by atoms with van der Waals surface area (Å²) in [4.78, 5) is 0.179. The first-order valence-electron chi connectivity index (χ1n) is 10.4. The lowest BCUT2D eigenvalue weighted by atomic mass is 9.75. The molecule has 0 unspecified atom stereocenters. The van der Waals surface area contributed by atoms with Crippen LogP contribution in [0.15, 0.2) is 12.1 Å². The van der Waals surface area contributed by atoms with Crippen LogP contribution in [0.4, 0.5) is 8.78 Å². The second-order valence-corrected chi connectivity index (χ2v) is 9.21. The van der Waals surface area contributed by atoms with Crippen molar-refractivity contribution in [2.75, 3.05) is 13.2 Å². The molecule has 1 heterocycles. The number of ether oxygens (including phenoxy) is 2. The van der Waals surface area contributed by atoms with E-state index < -0.39 is 11.6 Å². The van der Waals surface area contributed by atoms with Gasteiger partial charge in [0, 0.05) is 10.7 Å². The summed E-state index contributed by atoms with van der Waals surface area (Å²) in [6, 6.07) is 3.18. The maximum Gasteiger partial charge on any atom is 0.200 e. The third-order valence-corrected chi connectivity index (χ3v) is 7.12. The van der Waals surface area contributed by atoms with Crippen molar-refractivity contribution in [3.05, 3.63) is 29.3 Å². The van der Waals surface area contributed by atoms with Crippen molar-refractivity contribution in [1.29, 1.82) is 0 Å². The minimum atomic E-state index is -0.892. The quantitative estimate of drug-likeness (QED) is 0.459. The molecule has 3 atom stereocenters. The third-order valence-electron chi connectivity index (χ3n) is 6.23. The average Bonchev–Trinajstić information content (AvgIpc) is 2.67. The van der Waals surface area contributed by atoms with E-state index in [0.717, 1.165) is 12.3 Å². The Labute approximate surface area is 170 Å². The molecule has 1 aliphatic carbocycles. The summed E-state index contributed by atoms with van der Waals surface area (Å²) in [6.45, 7) is 4.78. The van der Waals surface area contributed by atoms with Crippen LogP contribution in [0.3, 0.4) is 0 Å². The monoisotopic (exact) mass is 444 g/mol. The van der Waals surface area contributed by atoms with Crippen LogP contribution in [-0.4, -0.2) is 24.1 Å². The standard InChI is InChI=1S/C22H31BrF2O2/c1-3-5-14-6-8-15(9-7-14)22-18(23)12-16(13-27-22)17-10-11-19(26-4-2)21(25)20(17)24/h10-11,14-16,18,22H,3-9,12-13H2,1-2H3/t14?,15?,16-,18+,22-/m1/s1. The highest BCUT2D eigenvalue weighted by atomic mass is 79.9. The molecular weight excluding hydrogens is 414 g/mol. The Bertz CT molecular complexity index is 617. The Balaban J connectivity index is 1.61. The van der Waals surface area contributed by atoms with Gasteiger partial charge in [0.2, 0.25) is 5.82 Å². The Hall–Kier alpha value is -0.680. The van der Waals surface area contributed by atoms with Crippen LogP contribution in [0.1, 0.15) is 70.3 Å². The fraction of sp³-hybridized carbons (Fsp3) is 0.727. The summed E-state index contributed by atoms with van der Waals surface area (Å²) < 4.78 is 40.1. The van der Waals surface area contributed by atoms with Crippen LogP contribution in [-0.2, 0) is 4.74 Å². The molecule has 27 heavy (non-hydrogen) atoms. The first-order valence-corrected chi connectivity index (χ1v) is 11.3. The summed E-state index contributed by atoms with van der Waals surface area (Å²) in [7, 11) is 0. The Kier molecular flexibility index (Phi) is 7.55. The lowest BCUT2D eigenvalue weighted by Gasteiger charge is -2.41. The number of rotatable bonds is 6. The van der Waals surface area contributed by atoms with Gasteiger partial charge < -0.3 is 9.47 Å². The van der Waals surface area contributed by atoms with Crippen molar-refractivity contribution in [3.63, 3.8) is 0 Å². The zero-order chi connectivity index (χ0) is 19.4. The smallest absolute Gasteiger partial charge is 0.200 e. The third kappa shape index (κ3) is 4.84. The molecule has 0 aromatic heterocycles. The van der Waals surface area contributed by atoms with Crippen LogP contribution >= 0.6 is 15.9 Å². The zero-order valence-corrected chi connectivity index (χ0v) is 17.9. The van der Waals surface area contributed by atoms with E-state index in [2.05, 4.69) is 22.9 Å². The molecule has 0 spiro atoms. The largest absolute Gasteiger partial charge is 0.491 e. The highest BCUT2D eigenvalue weighted by Gasteiger charge is 2.38. The number of hydrogen-bond donors (Lipinski definition) is 0. The first-order chi connectivity index (χ1) is 13.0. The Morgan fingerprint density at radius 3 is 2.48 bits per heavy atom. The van der Waals surface area contributed by atoms with Gasteiger partial charge in [-0.2, -0.15) is 4.39 Å². The molecular formula is C22H31BrF2O2. The molecule has 2 nitrogen and oxygen atoms in total. The molecule has 1 saturated carbocycles. The highest BCUT2D eigenvalue weighted by Crippen LogP contribution is 2.42. The summed E-state index contributed by atoms with van der Waals surface area (Å²) >= 11 is 3.79. The lowest BCUT2D eigenvalue weighted by molar-refractivity contribution is -0.0379. The van der Waals surface area contributed by atoms with Gasteiger partial charge in [0.15, 0.2) is 11.6 Å². The van der Waals surface area contributed by atoms with Crippen LogP contribution in [0, 0.1) is 23.5 Å². The summed E-state index contributed by atoms with van der Waals surface area (Å²) in [5.74, 6) is -0.396. The molecule has 0 radical (unpaired) electrons. The fourth-order valence-electron chi connectivity index (χ4n) is 4.80. The number of alkyl halides is 1. The molecule has 1 aromatic rings. The number of halogens is 3. The normalized spacial score (nSPS) is 31.7. The highest BCUT2D eigenvalue weighted by molar-refractivity contribution is 9.09. The van der Waals surface area contributed by atoms with Crippen LogP contribution in [0.5, 0.6) is 5.75 Å². The van der Waals surface area contributed by atoms with Crippen molar-refractivity contribution in [2.45, 2.75) is 75.6 Å². The Morgan fingerprint density at radius 2 is 1.85 bits per heavy atom. The van der Waals surface area contributed by atoms with Crippen molar-refractivity contribution >= 4 is 15.9 Å². The van der Waals surface area contributed by atoms with E-state index in [9.17, 15) is 8.78 Å². The molecule has 0 N–H and O–H groups in total. The minimum Gasteiger partial charge on any atom is -0.491 e. The fourth-order valence-corrected chi connectivity index (χ4v) is 5.83. The Morgan fingerprint density at radius 1 is 1.11 bits per heavy atom. The van der Waals surface area contributed by atoms with Gasteiger partial charge in [-0.15, -0.1) is 0 Å². The second-order valence-electron chi connectivity index (χ2n) is 8.03. The summed E-state index contributed by atoms with van der Waals surface area (Å²) in [6.07, 6.45) is 8.56. The maximum absolute atomic E-state index is 14.5. The number of benzene rings is 1. The van der Waals surface area contributed by atoms with Crippen LogP contribution in [0.2, 0.25) is 0 Å². The van der Waals surface area contributed by atoms with E-state index >= 15 is 0 Å². The maximum atomic E-state index is 14.5. The molecule has 1 saturated heterocycles. The van der Waals surface area contributed by atoms with E-state index in [0.29, 0.717) is 24.7 Å². The van der Waals surface area contributed by atoms with Crippen LogP contribution in [0.25, 0.3) is 0 Å². The van der Waals surface area contributed by atoms with Gasteiger partial charge in [0.1, 0.15) is 0 Å². The predicted molar refractivity (Wildman–Crippen MR) is 108 cm³/mol. The van der Waals surface area contributed by atoms with E-state index in [-0.39, 0.29) is 22.6 Å². The SMILES string of the molecule is CCCC1CCC([C@H]2OC[C@H](c3ccc(OCC)c(F)c3F)C[C@@H]2Br)CC1. The van der Waals surface area contributed by atoms with Gasteiger partial charge in [-0.3, -0.25) is 0 Å². The van der Waals surface area contributed by atoms with E-state index in [1.807, 2.05) is 0 Å². The lowest BCUT2D eigenvalue weighted by Crippen LogP contribution is -2.41. The van der Waals surface area contributed by atoms with Gasteiger partial charge in [-0.05, 0) is 49.7 Å². The van der Waals surface area contributed by atoms with Crippen molar-refractivity contribution < 1.29 is 18.3 Å². The first kappa shape index (κ1) is 21.0. The van der Waals surface area contributed by atoms with Gasteiger partial charge >= 0.3 is 0 Å².